The third-order valence-corrected chi connectivity index (χ3v) is 3.72. The van der Waals surface area contributed by atoms with Gasteiger partial charge in [0.1, 0.15) is 0 Å². The Kier molecular flexibility index (Phi) is 7.31. The maximum absolute atomic E-state index is 11.4. The summed E-state index contributed by atoms with van der Waals surface area (Å²) in [6, 6.07) is 3.79. The standard InChI is InChI=1S/C11H14BrN3O3S/c12-9-6-5-8(19-9)7-13-14-10(16)3-1-2-4-11(17)15-18/h5-7,18H,1-4H2,(H,14,16)(H,15,17)/b13-7+. The molecule has 0 saturated carbocycles. The first-order valence-electron chi connectivity index (χ1n) is 5.62. The molecule has 0 aliphatic heterocycles. The van der Waals surface area contributed by atoms with Gasteiger partial charge in [0, 0.05) is 17.7 Å². The molecule has 0 saturated heterocycles. The van der Waals surface area contributed by atoms with Gasteiger partial charge in [0.15, 0.2) is 0 Å². The van der Waals surface area contributed by atoms with Crippen molar-refractivity contribution >= 4 is 45.3 Å². The molecule has 2 amide bonds. The molecule has 0 fully saturated rings. The van der Waals surface area contributed by atoms with Gasteiger partial charge in [0.25, 0.3) is 0 Å². The number of rotatable bonds is 7. The normalized spacial score (nSPS) is 10.6. The van der Waals surface area contributed by atoms with E-state index >= 15 is 0 Å². The molecule has 0 bridgehead atoms. The number of hydrogen-bond donors (Lipinski definition) is 3. The molecule has 0 aromatic carbocycles. The number of carbonyl (C=O) groups is 2. The number of hydrogen-bond acceptors (Lipinski definition) is 5. The Labute approximate surface area is 123 Å². The van der Waals surface area contributed by atoms with Gasteiger partial charge < -0.3 is 0 Å². The molecule has 6 nitrogen and oxygen atoms in total. The van der Waals surface area contributed by atoms with Crippen molar-refractivity contribution in [2.45, 2.75) is 25.7 Å². The lowest BCUT2D eigenvalue weighted by atomic mass is 10.2. The Morgan fingerprint density at radius 2 is 2.00 bits per heavy atom. The van der Waals surface area contributed by atoms with Crippen molar-refractivity contribution < 1.29 is 14.8 Å². The topological polar surface area (TPSA) is 90.8 Å². The van der Waals surface area contributed by atoms with E-state index in [2.05, 4.69) is 26.5 Å². The average Bonchev–Trinajstić information content (AvgIpc) is 2.80. The molecule has 1 rings (SSSR count). The third kappa shape index (κ3) is 7.04. The summed E-state index contributed by atoms with van der Waals surface area (Å²) in [5, 5.41) is 12.1. The lowest BCUT2D eigenvalue weighted by Gasteiger charge is -1.99. The second-order valence-corrected chi connectivity index (χ2v) is 6.17. The molecule has 0 unspecified atom stereocenters. The van der Waals surface area contributed by atoms with Crippen LogP contribution >= 0.6 is 27.3 Å². The summed E-state index contributed by atoms with van der Waals surface area (Å²) in [5.41, 5.74) is 3.96. The molecule has 1 heterocycles. The molecule has 104 valence electrons. The van der Waals surface area contributed by atoms with Crippen LogP contribution in [0.5, 0.6) is 0 Å². The highest BCUT2D eigenvalue weighted by Gasteiger charge is 2.02. The average molecular weight is 348 g/mol. The van der Waals surface area contributed by atoms with Gasteiger partial charge in [-0.15, -0.1) is 11.3 Å². The van der Waals surface area contributed by atoms with E-state index in [1.54, 1.807) is 11.7 Å². The van der Waals surface area contributed by atoms with Crippen LogP contribution in [0.3, 0.4) is 0 Å². The fraction of sp³-hybridized carbons (Fsp3) is 0.364. The number of hydrazone groups is 1. The van der Waals surface area contributed by atoms with Crippen LogP contribution in [-0.2, 0) is 9.59 Å². The predicted molar refractivity (Wildman–Crippen MR) is 76.2 cm³/mol. The smallest absolute Gasteiger partial charge is 0.243 e. The quantitative estimate of drug-likeness (QED) is 0.305. The molecule has 0 aliphatic rings. The maximum Gasteiger partial charge on any atom is 0.243 e. The third-order valence-electron chi connectivity index (χ3n) is 2.16. The lowest BCUT2D eigenvalue weighted by Crippen LogP contribution is -2.19. The molecular weight excluding hydrogens is 334 g/mol. The molecule has 1 aromatic rings. The number of nitrogens with one attached hydrogen (secondary N) is 2. The van der Waals surface area contributed by atoms with Crippen molar-refractivity contribution in [3.8, 4) is 0 Å². The van der Waals surface area contributed by atoms with Crippen LogP contribution in [0, 0.1) is 0 Å². The van der Waals surface area contributed by atoms with Crippen LogP contribution < -0.4 is 10.9 Å². The number of nitrogens with zero attached hydrogens (tertiary/aromatic N) is 1. The number of halogens is 1. The van der Waals surface area contributed by atoms with Gasteiger partial charge in [-0.1, -0.05) is 0 Å². The summed E-state index contributed by atoms with van der Waals surface area (Å²) in [5.74, 6) is -0.641. The summed E-state index contributed by atoms with van der Waals surface area (Å²) in [4.78, 5) is 23.0. The van der Waals surface area contributed by atoms with Crippen LogP contribution in [0.2, 0.25) is 0 Å². The zero-order chi connectivity index (χ0) is 14.1. The highest BCUT2D eigenvalue weighted by atomic mass is 79.9. The minimum Gasteiger partial charge on any atom is -0.289 e. The summed E-state index contributed by atoms with van der Waals surface area (Å²) in [6.45, 7) is 0. The van der Waals surface area contributed by atoms with Gasteiger partial charge in [-0.2, -0.15) is 5.10 Å². The Morgan fingerprint density at radius 1 is 1.32 bits per heavy atom. The zero-order valence-electron chi connectivity index (χ0n) is 10.1. The van der Waals surface area contributed by atoms with E-state index in [-0.39, 0.29) is 12.3 Å². The Morgan fingerprint density at radius 3 is 2.58 bits per heavy atom. The summed E-state index contributed by atoms with van der Waals surface area (Å²) >= 11 is 4.85. The van der Waals surface area contributed by atoms with Gasteiger partial charge in [0.2, 0.25) is 11.8 Å². The van der Waals surface area contributed by atoms with Crippen molar-refractivity contribution in [3.05, 3.63) is 20.8 Å². The van der Waals surface area contributed by atoms with E-state index in [4.69, 9.17) is 5.21 Å². The lowest BCUT2D eigenvalue weighted by molar-refractivity contribution is -0.129. The van der Waals surface area contributed by atoms with Crippen molar-refractivity contribution in [2.24, 2.45) is 5.10 Å². The largest absolute Gasteiger partial charge is 0.289 e. The predicted octanol–water partition coefficient (Wildman–Crippen LogP) is 2.03. The van der Waals surface area contributed by atoms with Crippen molar-refractivity contribution in [3.63, 3.8) is 0 Å². The number of carbonyl (C=O) groups excluding carboxylic acids is 2. The van der Waals surface area contributed by atoms with E-state index in [1.165, 1.54) is 11.3 Å². The van der Waals surface area contributed by atoms with Crippen LogP contribution in [-0.4, -0.2) is 23.2 Å². The van der Waals surface area contributed by atoms with Gasteiger partial charge in [-0.25, -0.2) is 10.9 Å². The molecule has 0 atom stereocenters. The maximum atomic E-state index is 11.4. The first-order valence-corrected chi connectivity index (χ1v) is 7.23. The second-order valence-electron chi connectivity index (χ2n) is 3.68. The van der Waals surface area contributed by atoms with Gasteiger partial charge in [-0.3, -0.25) is 14.8 Å². The van der Waals surface area contributed by atoms with E-state index in [0.717, 1.165) is 8.66 Å². The van der Waals surface area contributed by atoms with E-state index in [0.29, 0.717) is 19.3 Å². The highest BCUT2D eigenvalue weighted by Crippen LogP contribution is 2.20. The van der Waals surface area contributed by atoms with Crippen LogP contribution in [0.25, 0.3) is 0 Å². The fourth-order valence-electron chi connectivity index (χ4n) is 1.25. The van der Waals surface area contributed by atoms with E-state index < -0.39 is 5.91 Å². The SMILES string of the molecule is O=C(CCCCC(=O)N/N=C/c1ccc(Br)s1)NO. The Bertz CT molecular complexity index is 462. The van der Waals surface area contributed by atoms with Crippen molar-refractivity contribution in [1.82, 2.24) is 10.9 Å². The van der Waals surface area contributed by atoms with Gasteiger partial charge in [-0.05, 0) is 40.9 Å². The molecule has 19 heavy (non-hydrogen) atoms. The minimum atomic E-state index is -0.443. The summed E-state index contributed by atoms with van der Waals surface area (Å²) in [7, 11) is 0. The zero-order valence-corrected chi connectivity index (χ0v) is 12.5. The highest BCUT2D eigenvalue weighted by molar-refractivity contribution is 9.11. The fourth-order valence-corrected chi connectivity index (χ4v) is 2.54. The van der Waals surface area contributed by atoms with Gasteiger partial charge >= 0.3 is 0 Å². The molecule has 0 radical (unpaired) electrons. The monoisotopic (exact) mass is 347 g/mol. The van der Waals surface area contributed by atoms with Crippen molar-refractivity contribution in [1.29, 1.82) is 0 Å². The molecule has 8 heteroatoms. The van der Waals surface area contributed by atoms with Gasteiger partial charge in [0.05, 0.1) is 10.0 Å². The molecule has 0 aliphatic carbocycles. The molecule has 1 aromatic heterocycles. The van der Waals surface area contributed by atoms with Crippen LogP contribution in [0.4, 0.5) is 0 Å². The Balaban J connectivity index is 2.14. The van der Waals surface area contributed by atoms with E-state index in [9.17, 15) is 9.59 Å². The molecule has 3 N–H and O–H groups in total. The van der Waals surface area contributed by atoms with Crippen molar-refractivity contribution in [2.75, 3.05) is 0 Å². The molecule has 0 spiro atoms. The van der Waals surface area contributed by atoms with Crippen LogP contribution in [0.1, 0.15) is 30.6 Å². The van der Waals surface area contributed by atoms with Crippen LogP contribution in [0.15, 0.2) is 21.0 Å². The first kappa shape index (κ1) is 15.8. The second kappa shape index (κ2) is 8.78. The summed E-state index contributed by atoms with van der Waals surface area (Å²) < 4.78 is 1.00. The summed E-state index contributed by atoms with van der Waals surface area (Å²) in [6.07, 6.45) is 3.19. The molecular formula is C11H14BrN3O3S. The number of thiophene rings is 1. The number of hydroxylamine groups is 1. The first-order chi connectivity index (χ1) is 9.11. The minimum absolute atomic E-state index is 0.198. The number of amides is 2. The Hall–Kier alpha value is -1.25. The number of unbranched alkanes of at least 4 members (excludes halogenated alkanes) is 1. The van der Waals surface area contributed by atoms with E-state index in [1.807, 2.05) is 12.1 Å².